The summed E-state index contributed by atoms with van der Waals surface area (Å²) in [6.45, 7) is 0. The number of para-hydroxylation sites is 2. The van der Waals surface area contributed by atoms with E-state index in [1.807, 2.05) is 24.3 Å². The van der Waals surface area contributed by atoms with Crippen LogP contribution in [0.3, 0.4) is 0 Å². The third-order valence-electron chi connectivity index (χ3n) is 4.62. The van der Waals surface area contributed by atoms with Crippen molar-refractivity contribution in [3.8, 4) is 12.1 Å². The molecule has 1 aliphatic heterocycles. The number of rotatable bonds is 1. The number of nitrogens with zero attached hydrogens (tertiary/aromatic N) is 3. The molecule has 0 spiro atoms. The Kier molecular flexibility index (Phi) is 4.34. The van der Waals surface area contributed by atoms with Crippen LogP contribution in [-0.4, -0.2) is 7.05 Å². The summed E-state index contributed by atoms with van der Waals surface area (Å²) < 4.78 is 1.71. The molecule has 0 atom stereocenters. The van der Waals surface area contributed by atoms with Crippen LogP contribution in [0.1, 0.15) is 11.1 Å². The molecule has 27 heavy (non-hydrogen) atoms. The van der Waals surface area contributed by atoms with Crippen LogP contribution in [-0.2, 0) is 0 Å². The van der Waals surface area contributed by atoms with Crippen LogP contribution in [0.25, 0.3) is 17.2 Å². The minimum Gasteiger partial charge on any atom is -0.344 e. The Labute approximate surface area is 161 Å². The first-order valence-electron chi connectivity index (χ1n) is 8.48. The smallest absolute Gasteiger partial charge is 0.146 e. The van der Waals surface area contributed by atoms with E-state index in [4.69, 9.17) is 10.5 Å². The van der Waals surface area contributed by atoms with Crippen molar-refractivity contribution in [2.45, 2.75) is 0 Å². The van der Waals surface area contributed by atoms with Gasteiger partial charge in [-0.3, -0.25) is 0 Å². The van der Waals surface area contributed by atoms with Gasteiger partial charge in [-0.25, -0.2) is 0 Å². The molecule has 0 fully saturated rings. The number of nitriles is 2. The van der Waals surface area contributed by atoms with Gasteiger partial charge in [0.2, 0.25) is 0 Å². The van der Waals surface area contributed by atoms with Gasteiger partial charge in [0, 0.05) is 34.1 Å². The second-order valence-electron chi connectivity index (χ2n) is 6.14. The molecule has 0 unspecified atom stereocenters. The molecule has 1 aromatic heterocycles. The monoisotopic (exact) mass is 365 g/mol. The lowest BCUT2D eigenvalue weighted by molar-refractivity contribution is 1.17. The van der Waals surface area contributed by atoms with E-state index in [0.29, 0.717) is 4.53 Å². The molecule has 4 heteroatoms. The van der Waals surface area contributed by atoms with Gasteiger partial charge in [-0.2, -0.15) is 10.5 Å². The van der Waals surface area contributed by atoms with E-state index in [1.165, 1.54) is 39.4 Å². The highest BCUT2D eigenvalue weighted by Gasteiger charge is 2.22. The van der Waals surface area contributed by atoms with Crippen molar-refractivity contribution in [2.24, 2.45) is 0 Å². The van der Waals surface area contributed by atoms with E-state index in [1.54, 1.807) is 0 Å². The number of thiophene rings is 1. The van der Waals surface area contributed by atoms with Crippen LogP contribution >= 0.6 is 11.3 Å². The summed E-state index contributed by atoms with van der Waals surface area (Å²) in [6.07, 6.45) is 4.17. The van der Waals surface area contributed by atoms with Crippen LogP contribution in [0.15, 0.2) is 66.7 Å². The van der Waals surface area contributed by atoms with Crippen molar-refractivity contribution in [1.29, 1.82) is 10.5 Å². The lowest BCUT2D eigenvalue weighted by atomic mass is 9.90. The van der Waals surface area contributed by atoms with E-state index in [0.717, 1.165) is 4.53 Å². The lowest BCUT2D eigenvalue weighted by Crippen LogP contribution is -2.17. The van der Waals surface area contributed by atoms with Gasteiger partial charge in [0.1, 0.15) is 17.7 Å². The van der Waals surface area contributed by atoms with Crippen molar-refractivity contribution < 1.29 is 0 Å². The maximum absolute atomic E-state index is 9.04. The largest absolute Gasteiger partial charge is 0.344 e. The van der Waals surface area contributed by atoms with Gasteiger partial charge in [0.25, 0.3) is 0 Å². The van der Waals surface area contributed by atoms with Crippen molar-refractivity contribution in [3.05, 3.63) is 86.9 Å². The normalized spacial score (nSPS) is 12.6. The molecule has 2 aromatic carbocycles. The molecule has 0 bridgehead atoms. The molecule has 2 heterocycles. The average molecular weight is 365 g/mol. The lowest BCUT2D eigenvalue weighted by Gasteiger charge is -2.31. The first kappa shape index (κ1) is 16.8. The predicted molar refractivity (Wildman–Crippen MR) is 111 cm³/mol. The highest BCUT2D eigenvalue weighted by Crippen LogP contribution is 2.43. The van der Waals surface area contributed by atoms with Crippen molar-refractivity contribution in [2.75, 3.05) is 11.9 Å². The minimum absolute atomic E-state index is 0.155. The molecule has 4 rings (SSSR count). The fourth-order valence-corrected chi connectivity index (χ4v) is 4.18. The third kappa shape index (κ3) is 2.93. The SMILES string of the molecule is CN1c2ccccc2C(=C/C=c2/ccc(=C(C#N)C#N)s2)c2ccccc21. The number of anilines is 2. The van der Waals surface area contributed by atoms with E-state index in [-0.39, 0.29) is 5.57 Å². The highest BCUT2D eigenvalue weighted by atomic mass is 32.1. The highest BCUT2D eigenvalue weighted by molar-refractivity contribution is 7.07. The van der Waals surface area contributed by atoms with Crippen LogP contribution in [0.5, 0.6) is 0 Å². The number of hydrogen-bond donors (Lipinski definition) is 0. The number of benzene rings is 2. The number of allylic oxidation sites excluding steroid dienone is 1. The first-order valence-corrected chi connectivity index (χ1v) is 9.29. The standard InChI is InChI=1S/C23H15N3S/c1-26-21-8-4-2-6-19(21)18(20-7-3-5-9-22(20)26)12-10-17-11-13-23(27-17)16(14-24)15-25/h2-13H,1H3/b17-10-. The van der Waals surface area contributed by atoms with Crippen molar-refractivity contribution >= 4 is 39.9 Å². The Balaban J connectivity index is 1.91. The summed E-state index contributed by atoms with van der Waals surface area (Å²) in [5, 5.41) is 18.1. The van der Waals surface area contributed by atoms with E-state index in [9.17, 15) is 0 Å². The van der Waals surface area contributed by atoms with Gasteiger partial charge in [0.05, 0.1) is 4.53 Å². The van der Waals surface area contributed by atoms with Crippen molar-refractivity contribution in [3.63, 3.8) is 0 Å². The molecule has 0 amide bonds. The molecule has 0 radical (unpaired) electrons. The summed E-state index contributed by atoms with van der Waals surface area (Å²) in [5.41, 5.74) is 6.04. The molecule has 3 aromatic rings. The second-order valence-corrected chi connectivity index (χ2v) is 7.26. The third-order valence-corrected chi connectivity index (χ3v) is 5.69. The van der Waals surface area contributed by atoms with Crippen LogP contribution < -0.4 is 14.0 Å². The van der Waals surface area contributed by atoms with Crippen molar-refractivity contribution in [1.82, 2.24) is 0 Å². The van der Waals surface area contributed by atoms with Crippen LogP contribution in [0, 0.1) is 22.7 Å². The molecule has 0 saturated carbocycles. The summed E-state index contributed by atoms with van der Waals surface area (Å²) >= 11 is 1.45. The zero-order valence-electron chi connectivity index (χ0n) is 14.7. The zero-order chi connectivity index (χ0) is 18.8. The van der Waals surface area contributed by atoms with E-state index < -0.39 is 0 Å². The van der Waals surface area contributed by atoms with Crippen LogP contribution in [0.2, 0.25) is 0 Å². The molecule has 0 aliphatic carbocycles. The maximum atomic E-state index is 9.04. The van der Waals surface area contributed by atoms with Gasteiger partial charge in [-0.05, 0) is 35.9 Å². The van der Waals surface area contributed by atoms with Gasteiger partial charge in [0.15, 0.2) is 0 Å². The Hall–Kier alpha value is -3.60. The zero-order valence-corrected chi connectivity index (χ0v) is 15.5. The summed E-state index contributed by atoms with van der Waals surface area (Å²) in [4.78, 5) is 2.21. The van der Waals surface area contributed by atoms with Crippen LogP contribution in [0.4, 0.5) is 11.4 Å². The molecular weight excluding hydrogens is 350 g/mol. The van der Waals surface area contributed by atoms with Gasteiger partial charge in [-0.1, -0.05) is 42.5 Å². The molecule has 0 N–H and O–H groups in total. The molecular formula is C23H15N3S. The van der Waals surface area contributed by atoms with Gasteiger partial charge < -0.3 is 4.90 Å². The molecule has 128 valence electrons. The molecule has 3 nitrogen and oxygen atoms in total. The Bertz CT molecular complexity index is 1200. The number of hydrogen-bond acceptors (Lipinski definition) is 4. The quantitative estimate of drug-likeness (QED) is 0.656. The predicted octanol–water partition coefficient (Wildman–Crippen LogP) is 3.94. The second kappa shape index (κ2) is 6.96. The molecule has 0 saturated heterocycles. The number of fused-ring (bicyclic) bond motifs is 2. The van der Waals surface area contributed by atoms with E-state index in [2.05, 4.69) is 72.6 Å². The Morgan fingerprint density at radius 2 is 1.44 bits per heavy atom. The molecule has 1 aliphatic rings. The minimum atomic E-state index is 0.155. The summed E-state index contributed by atoms with van der Waals surface area (Å²) in [7, 11) is 2.09. The fourth-order valence-electron chi connectivity index (χ4n) is 3.32. The topological polar surface area (TPSA) is 50.8 Å². The Morgan fingerprint density at radius 1 is 0.852 bits per heavy atom. The Morgan fingerprint density at radius 3 is 2.04 bits per heavy atom. The maximum Gasteiger partial charge on any atom is 0.146 e. The summed E-state index contributed by atoms with van der Waals surface area (Å²) in [6, 6.07) is 24.4. The average Bonchev–Trinajstić information content (AvgIpc) is 3.18. The first-order chi connectivity index (χ1) is 13.2. The van der Waals surface area contributed by atoms with E-state index >= 15 is 0 Å². The fraction of sp³-hybridized carbons (Fsp3) is 0.0435. The van der Waals surface area contributed by atoms with Gasteiger partial charge >= 0.3 is 0 Å². The summed E-state index contributed by atoms with van der Waals surface area (Å²) in [5.74, 6) is 0. The van der Waals surface area contributed by atoms with Gasteiger partial charge in [-0.15, -0.1) is 11.3 Å².